The minimum Gasteiger partial charge on any atom is -0.371 e. The Morgan fingerprint density at radius 1 is 1.17 bits per heavy atom. The molecule has 0 spiro atoms. The number of anilines is 1. The van der Waals surface area contributed by atoms with Crippen LogP contribution in [0.4, 0.5) is 5.69 Å². The lowest BCUT2D eigenvalue weighted by Crippen LogP contribution is -2.44. The van der Waals surface area contributed by atoms with Gasteiger partial charge in [0.05, 0.1) is 10.9 Å². The number of nitrogens with two attached hydrogens (primary N) is 2. The van der Waals surface area contributed by atoms with Crippen molar-refractivity contribution in [1.29, 1.82) is 0 Å². The Morgan fingerprint density at radius 3 is 2.61 bits per heavy atom. The van der Waals surface area contributed by atoms with E-state index in [2.05, 4.69) is 4.90 Å². The van der Waals surface area contributed by atoms with E-state index in [4.69, 9.17) is 11.6 Å². The van der Waals surface area contributed by atoms with Crippen LogP contribution >= 0.6 is 0 Å². The molecule has 1 aliphatic heterocycles. The highest BCUT2D eigenvalue weighted by Crippen LogP contribution is 2.36. The van der Waals surface area contributed by atoms with Crippen LogP contribution in [0.25, 0.3) is 10.9 Å². The number of nitrogen functional groups attached to an aromatic ring is 1. The SMILES string of the molecule is NCC1CCN(c2ccc3c(=O)n(N)c(=O)n(C4CC4)c3c2)C1. The van der Waals surface area contributed by atoms with Crippen molar-refractivity contribution in [3.05, 3.63) is 39.0 Å². The Kier molecular flexibility index (Phi) is 3.19. The van der Waals surface area contributed by atoms with Crippen molar-refractivity contribution in [2.24, 2.45) is 11.7 Å². The molecule has 1 atom stereocenters. The lowest BCUT2D eigenvalue weighted by Gasteiger charge is -2.20. The fourth-order valence-corrected chi connectivity index (χ4v) is 3.48. The molecular weight excluding hydrogens is 294 g/mol. The highest BCUT2D eigenvalue weighted by atomic mass is 16.2. The van der Waals surface area contributed by atoms with Crippen LogP contribution in [0.2, 0.25) is 0 Å². The Balaban J connectivity index is 1.88. The first kappa shape index (κ1) is 14.3. The van der Waals surface area contributed by atoms with E-state index in [1.54, 1.807) is 10.6 Å². The van der Waals surface area contributed by atoms with Gasteiger partial charge < -0.3 is 16.5 Å². The summed E-state index contributed by atoms with van der Waals surface area (Å²) in [6.07, 6.45) is 2.99. The van der Waals surface area contributed by atoms with E-state index < -0.39 is 11.2 Å². The van der Waals surface area contributed by atoms with Gasteiger partial charge in [-0.05, 0) is 49.9 Å². The van der Waals surface area contributed by atoms with Crippen LogP contribution in [-0.4, -0.2) is 28.9 Å². The van der Waals surface area contributed by atoms with Gasteiger partial charge in [-0.2, -0.15) is 4.68 Å². The highest BCUT2D eigenvalue weighted by Gasteiger charge is 2.29. The lowest BCUT2D eigenvalue weighted by molar-refractivity contribution is 0.602. The fraction of sp³-hybridized carbons (Fsp3) is 0.500. The van der Waals surface area contributed by atoms with Crippen molar-refractivity contribution < 1.29 is 0 Å². The first-order valence-corrected chi connectivity index (χ1v) is 8.11. The number of rotatable bonds is 3. The topological polar surface area (TPSA) is 99.3 Å². The van der Waals surface area contributed by atoms with E-state index in [1.807, 2.05) is 12.1 Å². The van der Waals surface area contributed by atoms with Crippen molar-refractivity contribution in [2.75, 3.05) is 30.4 Å². The molecule has 0 amide bonds. The molecule has 23 heavy (non-hydrogen) atoms. The number of nitrogens with zero attached hydrogens (tertiary/aromatic N) is 3. The molecule has 0 radical (unpaired) electrons. The summed E-state index contributed by atoms with van der Waals surface area (Å²) in [6.45, 7) is 2.56. The zero-order chi connectivity index (χ0) is 16.1. The quantitative estimate of drug-likeness (QED) is 0.777. The zero-order valence-electron chi connectivity index (χ0n) is 12.9. The van der Waals surface area contributed by atoms with Gasteiger partial charge in [0.15, 0.2) is 0 Å². The molecule has 2 aromatic rings. The van der Waals surface area contributed by atoms with Crippen LogP contribution in [0, 0.1) is 5.92 Å². The molecule has 1 saturated carbocycles. The summed E-state index contributed by atoms with van der Waals surface area (Å²) in [7, 11) is 0. The Bertz CT molecular complexity index is 880. The normalized spacial score (nSPS) is 21.3. The summed E-state index contributed by atoms with van der Waals surface area (Å²) < 4.78 is 2.40. The van der Waals surface area contributed by atoms with Crippen LogP contribution < -0.4 is 27.7 Å². The van der Waals surface area contributed by atoms with Crippen LogP contribution in [0.15, 0.2) is 27.8 Å². The molecular formula is C16H21N5O2. The molecule has 1 aromatic carbocycles. The number of fused-ring (bicyclic) bond motifs is 1. The molecule has 2 aliphatic rings. The molecule has 4 N–H and O–H groups in total. The van der Waals surface area contributed by atoms with Gasteiger partial charge in [0.25, 0.3) is 5.56 Å². The molecule has 1 saturated heterocycles. The van der Waals surface area contributed by atoms with E-state index in [1.165, 1.54) is 0 Å². The van der Waals surface area contributed by atoms with E-state index in [0.717, 1.165) is 42.7 Å². The summed E-state index contributed by atoms with van der Waals surface area (Å²) in [5, 5.41) is 0.498. The maximum Gasteiger partial charge on any atom is 0.350 e. The van der Waals surface area contributed by atoms with Gasteiger partial charge in [0.1, 0.15) is 0 Å². The predicted octanol–water partition coefficient (Wildman–Crippen LogP) is -0.00310. The number of benzene rings is 1. The first-order chi connectivity index (χ1) is 11.1. The Hall–Kier alpha value is -2.28. The highest BCUT2D eigenvalue weighted by molar-refractivity contribution is 5.82. The number of hydrogen-bond acceptors (Lipinski definition) is 5. The lowest BCUT2D eigenvalue weighted by atomic mass is 10.1. The molecule has 0 bridgehead atoms. The third-order valence-corrected chi connectivity index (χ3v) is 5.00. The molecule has 7 nitrogen and oxygen atoms in total. The summed E-state index contributed by atoms with van der Waals surface area (Å²) in [5.41, 5.74) is 6.63. The second kappa shape index (κ2) is 5.13. The average Bonchev–Trinajstić information content (AvgIpc) is 3.28. The van der Waals surface area contributed by atoms with Gasteiger partial charge in [-0.1, -0.05) is 0 Å². The standard InChI is InChI=1S/C16H21N5O2/c17-8-10-5-6-19(9-10)12-3-4-13-14(7-12)20(11-1-2-11)16(23)21(18)15(13)22/h3-4,7,10-11H,1-2,5-6,8-9,17-18H2. The maximum absolute atomic E-state index is 12.4. The summed E-state index contributed by atoms with van der Waals surface area (Å²) in [4.78, 5) is 26.9. The minimum absolute atomic E-state index is 0.158. The summed E-state index contributed by atoms with van der Waals surface area (Å²) >= 11 is 0. The molecule has 7 heteroatoms. The molecule has 122 valence electrons. The molecule has 1 unspecified atom stereocenters. The van der Waals surface area contributed by atoms with Gasteiger partial charge >= 0.3 is 5.69 Å². The average molecular weight is 315 g/mol. The first-order valence-electron chi connectivity index (χ1n) is 8.11. The summed E-state index contributed by atoms with van der Waals surface area (Å²) in [5.74, 6) is 6.17. The second-order valence-corrected chi connectivity index (χ2v) is 6.60. The summed E-state index contributed by atoms with van der Waals surface area (Å²) in [6, 6.07) is 5.83. The zero-order valence-corrected chi connectivity index (χ0v) is 12.9. The van der Waals surface area contributed by atoms with Gasteiger partial charge in [-0.15, -0.1) is 0 Å². The van der Waals surface area contributed by atoms with Crippen LogP contribution in [0.5, 0.6) is 0 Å². The fourth-order valence-electron chi connectivity index (χ4n) is 3.48. The molecule has 2 fully saturated rings. The monoisotopic (exact) mass is 315 g/mol. The van der Waals surface area contributed by atoms with E-state index in [0.29, 0.717) is 23.4 Å². The largest absolute Gasteiger partial charge is 0.371 e. The van der Waals surface area contributed by atoms with E-state index in [9.17, 15) is 9.59 Å². The smallest absolute Gasteiger partial charge is 0.350 e. The van der Waals surface area contributed by atoms with Crippen molar-refractivity contribution in [3.63, 3.8) is 0 Å². The maximum atomic E-state index is 12.4. The van der Waals surface area contributed by atoms with Crippen LogP contribution in [0.1, 0.15) is 25.3 Å². The van der Waals surface area contributed by atoms with Crippen LogP contribution in [-0.2, 0) is 0 Å². The van der Waals surface area contributed by atoms with Gasteiger partial charge in [0.2, 0.25) is 0 Å². The molecule has 2 heterocycles. The minimum atomic E-state index is -0.435. The van der Waals surface area contributed by atoms with Gasteiger partial charge in [0, 0.05) is 24.8 Å². The Morgan fingerprint density at radius 2 is 1.96 bits per heavy atom. The molecule has 1 aliphatic carbocycles. The van der Waals surface area contributed by atoms with E-state index >= 15 is 0 Å². The third-order valence-electron chi connectivity index (χ3n) is 5.00. The van der Waals surface area contributed by atoms with Crippen molar-refractivity contribution in [1.82, 2.24) is 9.24 Å². The van der Waals surface area contributed by atoms with Gasteiger partial charge in [-0.3, -0.25) is 9.36 Å². The number of aromatic nitrogens is 2. The van der Waals surface area contributed by atoms with Crippen molar-refractivity contribution in [2.45, 2.75) is 25.3 Å². The van der Waals surface area contributed by atoms with Crippen molar-refractivity contribution in [3.8, 4) is 0 Å². The molecule has 4 rings (SSSR count). The van der Waals surface area contributed by atoms with Gasteiger partial charge in [-0.25, -0.2) is 4.79 Å². The Labute approximate surface area is 133 Å². The van der Waals surface area contributed by atoms with E-state index in [-0.39, 0.29) is 6.04 Å². The number of hydrogen-bond donors (Lipinski definition) is 2. The molecule has 1 aromatic heterocycles. The van der Waals surface area contributed by atoms with Crippen molar-refractivity contribution >= 4 is 16.6 Å². The van der Waals surface area contributed by atoms with Crippen LogP contribution in [0.3, 0.4) is 0 Å². The second-order valence-electron chi connectivity index (χ2n) is 6.60. The third kappa shape index (κ3) is 2.23. The predicted molar refractivity (Wildman–Crippen MR) is 90.3 cm³/mol.